The van der Waals surface area contributed by atoms with E-state index in [1.807, 2.05) is 0 Å². The normalized spacial score (nSPS) is 17.3. The molecule has 1 aromatic rings. The van der Waals surface area contributed by atoms with Gasteiger partial charge in [-0.15, -0.1) is 11.8 Å². The summed E-state index contributed by atoms with van der Waals surface area (Å²) in [7, 11) is 0. The van der Waals surface area contributed by atoms with Gasteiger partial charge in [0.2, 0.25) is 5.28 Å². The van der Waals surface area contributed by atoms with Gasteiger partial charge < -0.3 is 0 Å². The summed E-state index contributed by atoms with van der Waals surface area (Å²) in [5, 5.41) is -0.0482. The third kappa shape index (κ3) is 3.75. The van der Waals surface area contributed by atoms with Crippen molar-refractivity contribution < 1.29 is 13.2 Å². The second-order valence-corrected chi connectivity index (χ2v) is 5.70. The van der Waals surface area contributed by atoms with E-state index in [0.29, 0.717) is 10.9 Å². The second kappa shape index (κ2) is 5.65. The van der Waals surface area contributed by atoms with Crippen molar-refractivity contribution >= 4 is 23.4 Å². The molecule has 0 bridgehead atoms. The lowest BCUT2D eigenvalue weighted by Gasteiger charge is -2.10. The first-order chi connectivity index (χ1) is 8.45. The molecular formula is C11H12ClF3N2S. The zero-order valence-corrected chi connectivity index (χ0v) is 11.1. The van der Waals surface area contributed by atoms with Crippen LogP contribution in [0.1, 0.15) is 31.4 Å². The van der Waals surface area contributed by atoms with Crippen molar-refractivity contribution in [3.63, 3.8) is 0 Å². The van der Waals surface area contributed by atoms with E-state index in [1.54, 1.807) is 0 Å². The number of halogens is 4. The Balaban J connectivity index is 2.05. The first-order valence-corrected chi connectivity index (χ1v) is 7.06. The molecule has 7 heteroatoms. The molecule has 1 heterocycles. The molecule has 100 valence electrons. The molecule has 18 heavy (non-hydrogen) atoms. The highest BCUT2D eigenvalue weighted by atomic mass is 35.5. The molecule has 1 aliphatic carbocycles. The van der Waals surface area contributed by atoms with Crippen LogP contribution in [0.5, 0.6) is 0 Å². The van der Waals surface area contributed by atoms with Crippen LogP contribution >= 0.6 is 23.4 Å². The molecule has 0 saturated heterocycles. The summed E-state index contributed by atoms with van der Waals surface area (Å²) in [6.45, 7) is 0. The summed E-state index contributed by atoms with van der Waals surface area (Å²) in [6.07, 6.45) is 0.248. The second-order valence-electron chi connectivity index (χ2n) is 4.32. The maximum absolute atomic E-state index is 12.5. The molecule has 2 rings (SSSR count). The average Bonchev–Trinajstić information content (AvgIpc) is 2.77. The van der Waals surface area contributed by atoms with Crippen LogP contribution in [0.3, 0.4) is 0 Å². The van der Waals surface area contributed by atoms with Crippen molar-refractivity contribution in [2.24, 2.45) is 5.92 Å². The summed E-state index contributed by atoms with van der Waals surface area (Å²) < 4.78 is 37.6. The number of alkyl halides is 3. The van der Waals surface area contributed by atoms with Crippen molar-refractivity contribution in [1.29, 1.82) is 0 Å². The van der Waals surface area contributed by atoms with E-state index in [0.717, 1.165) is 24.7 Å². The van der Waals surface area contributed by atoms with Crippen molar-refractivity contribution in [2.45, 2.75) is 36.9 Å². The molecular weight excluding hydrogens is 285 g/mol. The molecule has 0 aromatic carbocycles. The van der Waals surface area contributed by atoms with Gasteiger partial charge in [-0.3, -0.25) is 0 Å². The predicted octanol–water partition coefficient (Wildman–Crippen LogP) is 4.43. The molecule has 1 saturated carbocycles. The third-order valence-electron chi connectivity index (χ3n) is 2.91. The smallest absolute Gasteiger partial charge is 0.213 e. The zero-order valence-electron chi connectivity index (χ0n) is 9.50. The lowest BCUT2D eigenvalue weighted by molar-refractivity contribution is -0.141. The van der Waals surface area contributed by atoms with E-state index in [-0.39, 0.29) is 5.28 Å². The molecule has 2 nitrogen and oxygen atoms in total. The van der Waals surface area contributed by atoms with E-state index in [4.69, 9.17) is 11.6 Å². The zero-order chi connectivity index (χ0) is 13.2. The first kappa shape index (κ1) is 13.9. The van der Waals surface area contributed by atoms with Crippen LogP contribution in [0, 0.1) is 5.92 Å². The Bertz CT molecular complexity index is 419. The number of rotatable bonds is 3. The van der Waals surface area contributed by atoms with E-state index in [2.05, 4.69) is 9.97 Å². The molecule has 0 unspecified atom stereocenters. The molecule has 0 radical (unpaired) electrons. The minimum absolute atomic E-state index is 0.300. The minimum Gasteiger partial charge on any atom is -0.213 e. The Hall–Kier alpha value is -0.490. The van der Waals surface area contributed by atoms with E-state index >= 15 is 0 Å². The van der Waals surface area contributed by atoms with Gasteiger partial charge in [0.1, 0.15) is 5.03 Å². The van der Waals surface area contributed by atoms with Crippen LogP contribution in [0.4, 0.5) is 13.2 Å². The van der Waals surface area contributed by atoms with Gasteiger partial charge >= 0.3 is 6.18 Å². The number of aromatic nitrogens is 2. The molecule has 0 atom stereocenters. The van der Waals surface area contributed by atoms with Crippen LogP contribution in [-0.2, 0) is 6.18 Å². The Morgan fingerprint density at radius 1 is 1.28 bits per heavy atom. The third-order valence-corrected chi connectivity index (χ3v) is 4.22. The van der Waals surface area contributed by atoms with Crippen LogP contribution < -0.4 is 0 Å². The standard InChI is InChI=1S/C11H12ClF3N2S/c12-10-16-8(11(13,14)15)5-9(17-10)18-6-7-3-1-2-4-7/h5,7H,1-4,6H2. The van der Waals surface area contributed by atoms with Gasteiger partial charge in [0.05, 0.1) is 0 Å². The Kier molecular flexibility index (Phi) is 4.37. The molecule has 1 fully saturated rings. The van der Waals surface area contributed by atoms with E-state index < -0.39 is 11.9 Å². The van der Waals surface area contributed by atoms with E-state index in [9.17, 15) is 13.2 Å². The Labute approximate surface area is 112 Å². The summed E-state index contributed by atoms with van der Waals surface area (Å²) in [5.74, 6) is 1.38. The summed E-state index contributed by atoms with van der Waals surface area (Å²) >= 11 is 6.84. The maximum atomic E-state index is 12.5. The van der Waals surface area contributed by atoms with Crippen LogP contribution in [0.25, 0.3) is 0 Å². The highest BCUT2D eigenvalue weighted by molar-refractivity contribution is 7.99. The quantitative estimate of drug-likeness (QED) is 0.469. The molecule has 0 amide bonds. The summed E-state index contributed by atoms with van der Waals surface area (Å²) in [6, 6.07) is 0.964. The SMILES string of the molecule is FC(F)(F)c1cc(SCC2CCCC2)nc(Cl)n1. The minimum atomic E-state index is -4.48. The largest absolute Gasteiger partial charge is 0.433 e. The van der Waals surface area contributed by atoms with Crippen molar-refractivity contribution in [2.75, 3.05) is 5.75 Å². The fourth-order valence-corrected chi connectivity index (χ4v) is 3.31. The van der Waals surface area contributed by atoms with Gasteiger partial charge in [0, 0.05) is 11.8 Å². The van der Waals surface area contributed by atoms with Crippen molar-refractivity contribution in [3.8, 4) is 0 Å². The molecule has 1 aromatic heterocycles. The number of hydrogen-bond donors (Lipinski definition) is 0. The highest BCUT2D eigenvalue weighted by Crippen LogP contribution is 2.33. The van der Waals surface area contributed by atoms with Gasteiger partial charge in [0.15, 0.2) is 5.69 Å². The van der Waals surface area contributed by atoms with Crippen LogP contribution in [-0.4, -0.2) is 15.7 Å². The van der Waals surface area contributed by atoms with Gasteiger partial charge in [-0.2, -0.15) is 13.2 Å². The lowest BCUT2D eigenvalue weighted by Crippen LogP contribution is -2.09. The van der Waals surface area contributed by atoms with Crippen molar-refractivity contribution in [3.05, 3.63) is 17.0 Å². The predicted molar refractivity (Wildman–Crippen MR) is 64.7 cm³/mol. The van der Waals surface area contributed by atoms with E-state index in [1.165, 1.54) is 24.6 Å². The lowest BCUT2D eigenvalue weighted by atomic mass is 10.1. The Morgan fingerprint density at radius 2 is 1.94 bits per heavy atom. The van der Waals surface area contributed by atoms with Gasteiger partial charge in [-0.25, -0.2) is 9.97 Å². The molecule has 1 aliphatic rings. The monoisotopic (exact) mass is 296 g/mol. The van der Waals surface area contributed by atoms with Gasteiger partial charge in [-0.05, 0) is 30.4 Å². The first-order valence-electron chi connectivity index (χ1n) is 5.70. The maximum Gasteiger partial charge on any atom is 0.433 e. The van der Waals surface area contributed by atoms with Gasteiger partial charge in [0.25, 0.3) is 0 Å². The van der Waals surface area contributed by atoms with Crippen LogP contribution in [0.2, 0.25) is 5.28 Å². The fourth-order valence-electron chi connectivity index (χ4n) is 2.00. The topological polar surface area (TPSA) is 25.8 Å². The Morgan fingerprint density at radius 3 is 2.56 bits per heavy atom. The molecule has 0 spiro atoms. The molecule has 0 aliphatic heterocycles. The number of nitrogens with zero attached hydrogens (tertiary/aromatic N) is 2. The molecule has 0 N–H and O–H groups in total. The summed E-state index contributed by atoms with van der Waals surface area (Å²) in [5.41, 5.74) is -0.976. The number of hydrogen-bond acceptors (Lipinski definition) is 3. The summed E-state index contributed by atoms with van der Waals surface area (Å²) in [4.78, 5) is 7.03. The van der Waals surface area contributed by atoms with Crippen LogP contribution in [0.15, 0.2) is 11.1 Å². The number of thioether (sulfide) groups is 1. The highest BCUT2D eigenvalue weighted by Gasteiger charge is 2.33. The van der Waals surface area contributed by atoms with Gasteiger partial charge in [-0.1, -0.05) is 12.8 Å². The average molecular weight is 297 g/mol. The fraction of sp³-hybridized carbons (Fsp3) is 0.636. The van der Waals surface area contributed by atoms with Crippen molar-refractivity contribution in [1.82, 2.24) is 9.97 Å².